The minimum atomic E-state index is -0.726. The molecule has 0 spiro atoms. The number of carbonyl (C=O) groups is 1. The molecule has 2 aromatic carbocycles. The molecule has 0 radical (unpaired) electrons. The Morgan fingerprint density at radius 2 is 2.04 bits per heavy atom. The summed E-state index contributed by atoms with van der Waals surface area (Å²) in [6.07, 6.45) is 1.67. The number of amides is 1. The highest BCUT2D eigenvalue weighted by molar-refractivity contribution is 8.00. The lowest BCUT2D eigenvalue weighted by Gasteiger charge is -2.07. The van der Waals surface area contributed by atoms with Crippen molar-refractivity contribution in [3.8, 4) is 0 Å². The zero-order valence-electron chi connectivity index (χ0n) is 12.8. The first-order valence-electron chi connectivity index (χ1n) is 7.25. The van der Waals surface area contributed by atoms with Crippen molar-refractivity contribution < 1.29 is 14.1 Å². The number of carbonyl (C=O) groups excluding carboxylic acids is 1. The van der Waals surface area contributed by atoms with Gasteiger partial charge in [-0.15, -0.1) is 11.8 Å². The third-order valence-electron chi connectivity index (χ3n) is 3.39. The van der Waals surface area contributed by atoms with Crippen molar-refractivity contribution in [1.29, 1.82) is 0 Å². The van der Waals surface area contributed by atoms with Gasteiger partial charge in [0.05, 0.1) is 21.9 Å². The van der Waals surface area contributed by atoms with Gasteiger partial charge in [-0.3, -0.25) is 19.9 Å². The molecule has 1 heterocycles. The smallest absolute Gasteiger partial charge is 0.271 e. The molecule has 25 heavy (non-hydrogen) atoms. The third kappa shape index (κ3) is 3.92. The summed E-state index contributed by atoms with van der Waals surface area (Å²) in [4.78, 5) is 27.3. The molecular weight excluding hydrogens is 345 g/mol. The average Bonchev–Trinajstić information content (AvgIpc) is 2.61. The highest BCUT2D eigenvalue weighted by Crippen LogP contribution is 2.27. The number of anilines is 1. The second-order valence-electron chi connectivity index (χ2n) is 5.09. The Balaban J connectivity index is 1.71. The summed E-state index contributed by atoms with van der Waals surface area (Å²) < 4.78 is 13.7. The van der Waals surface area contributed by atoms with Gasteiger partial charge in [0.15, 0.2) is 0 Å². The number of rotatable bonds is 5. The summed E-state index contributed by atoms with van der Waals surface area (Å²) in [6.45, 7) is 0. The van der Waals surface area contributed by atoms with Crippen LogP contribution in [0.2, 0.25) is 0 Å². The molecule has 0 saturated carbocycles. The maximum absolute atomic E-state index is 13.7. The maximum atomic E-state index is 13.7. The number of para-hydroxylation sites is 1. The molecule has 8 heteroatoms. The average molecular weight is 357 g/mol. The highest BCUT2D eigenvalue weighted by Gasteiger charge is 2.14. The normalized spacial score (nSPS) is 10.6. The minimum absolute atomic E-state index is 0.0256. The minimum Gasteiger partial charge on any atom is -0.323 e. The number of thioether (sulfide) groups is 1. The molecule has 1 amide bonds. The standard InChI is InChI=1S/C17H12FN3O3S/c18-13-7-6-12(21(23)24)9-14(13)20-16(22)10-25-15-5-1-3-11-4-2-8-19-17(11)15/h1-9H,10H2,(H,20,22). The number of nitro benzene ring substituents is 1. The Morgan fingerprint density at radius 1 is 1.24 bits per heavy atom. The Labute approximate surface area is 146 Å². The highest BCUT2D eigenvalue weighted by atomic mass is 32.2. The van der Waals surface area contributed by atoms with Crippen LogP contribution < -0.4 is 5.32 Å². The van der Waals surface area contributed by atoms with Crippen LogP contribution >= 0.6 is 11.8 Å². The fraction of sp³-hybridized carbons (Fsp3) is 0.0588. The van der Waals surface area contributed by atoms with Crippen molar-refractivity contribution in [2.45, 2.75) is 4.90 Å². The van der Waals surface area contributed by atoms with Crippen LogP contribution in [-0.2, 0) is 4.79 Å². The summed E-state index contributed by atoms with van der Waals surface area (Å²) in [5.74, 6) is -1.16. The Kier molecular flexibility index (Phi) is 4.90. The van der Waals surface area contributed by atoms with E-state index in [1.165, 1.54) is 11.8 Å². The molecule has 0 aliphatic carbocycles. The number of halogens is 1. The molecule has 0 fully saturated rings. The molecule has 1 aromatic heterocycles. The Morgan fingerprint density at radius 3 is 2.84 bits per heavy atom. The van der Waals surface area contributed by atoms with Crippen LogP contribution in [0.4, 0.5) is 15.8 Å². The third-order valence-corrected chi connectivity index (χ3v) is 4.44. The van der Waals surface area contributed by atoms with Gasteiger partial charge in [0, 0.05) is 28.6 Å². The molecule has 3 rings (SSSR count). The molecule has 126 valence electrons. The molecule has 0 aliphatic rings. The van der Waals surface area contributed by atoms with Gasteiger partial charge < -0.3 is 5.32 Å². The molecule has 0 aliphatic heterocycles. The summed E-state index contributed by atoms with van der Waals surface area (Å²) in [6, 6.07) is 12.4. The molecule has 0 atom stereocenters. The van der Waals surface area contributed by atoms with Gasteiger partial charge in [-0.1, -0.05) is 18.2 Å². The van der Waals surface area contributed by atoms with E-state index in [1.807, 2.05) is 30.3 Å². The van der Waals surface area contributed by atoms with E-state index < -0.39 is 16.6 Å². The number of fused-ring (bicyclic) bond motifs is 1. The number of nitro groups is 1. The SMILES string of the molecule is O=C(CSc1cccc2cccnc12)Nc1cc([N+](=O)[O-])ccc1F. The van der Waals surface area contributed by atoms with Gasteiger partial charge in [0.1, 0.15) is 5.82 Å². The van der Waals surface area contributed by atoms with Crippen molar-refractivity contribution >= 4 is 39.9 Å². The van der Waals surface area contributed by atoms with Crippen LogP contribution in [0.25, 0.3) is 10.9 Å². The first kappa shape index (κ1) is 16.8. The lowest BCUT2D eigenvalue weighted by molar-refractivity contribution is -0.384. The maximum Gasteiger partial charge on any atom is 0.271 e. The van der Waals surface area contributed by atoms with Crippen LogP contribution in [0.3, 0.4) is 0 Å². The van der Waals surface area contributed by atoms with Crippen molar-refractivity contribution in [3.05, 3.63) is 70.7 Å². The van der Waals surface area contributed by atoms with Crippen molar-refractivity contribution in [2.75, 3.05) is 11.1 Å². The number of nitrogens with one attached hydrogen (secondary N) is 1. The predicted molar refractivity (Wildman–Crippen MR) is 94.2 cm³/mol. The van der Waals surface area contributed by atoms with Gasteiger partial charge in [-0.05, 0) is 18.2 Å². The van der Waals surface area contributed by atoms with Gasteiger partial charge in [-0.2, -0.15) is 0 Å². The Hall–Kier alpha value is -3.00. The van der Waals surface area contributed by atoms with E-state index in [9.17, 15) is 19.3 Å². The van der Waals surface area contributed by atoms with Crippen LogP contribution in [0.5, 0.6) is 0 Å². The molecule has 0 bridgehead atoms. The van der Waals surface area contributed by atoms with Crippen LogP contribution in [-0.4, -0.2) is 21.6 Å². The van der Waals surface area contributed by atoms with Gasteiger partial charge in [0.25, 0.3) is 5.69 Å². The molecular formula is C17H12FN3O3S. The van der Waals surface area contributed by atoms with Gasteiger partial charge in [0.2, 0.25) is 5.91 Å². The van der Waals surface area contributed by atoms with Gasteiger partial charge in [-0.25, -0.2) is 4.39 Å². The topological polar surface area (TPSA) is 85.1 Å². The van der Waals surface area contributed by atoms with Crippen LogP contribution in [0.15, 0.2) is 59.6 Å². The molecule has 0 saturated heterocycles. The van der Waals surface area contributed by atoms with E-state index in [0.29, 0.717) is 0 Å². The van der Waals surface area contributed by atoms with Crippen molar-refractivity contribution in [1.82, 2.24) is 4.98 Å². The first-order valence-corrected chi connectivity index (χ1v) is 8.23. The van der Waals surface area contributed by atoms with Crippen LogP contribution in [0, 0.1) is 15.9 Å². The van der Waals surface area contributed by atoms with E-state index in [0.717, 1.165) is 34.0 Å². The summed E-state index contributed by atoms with van der Waals surface area (Å²) in [5, 5.41) is 14.1. The van der Waals surface area contributed by atoms with Crippen molar-refractivity contribution in [3.63, 3.8) is 0 Å². The number of hydrogen-bond acceptors (Lipinski definition) is 5. The zero-order chi connectivity index (χ0) is 17.8. The van der Waals surface area contributed by atoms with E-state index in [2.05, 4.69) is 10.3 Å². The van der Waals surface area contributed by atoms with E-state index >= 15 is 0 Å². The Bertz CT molecular complexity index is 960. The quantitative estimate of drug-likeness (QED) is 0.424. The van der Waals surface area contributed by atoms with E-state index in [4.69, 9.17) is 0 Å². The summed E-state index contributed by atoms with van der Waals surface area (Å²) in [7, 11) is 0. The molecule has 3 aromatic rings. The van der Waals surface area contributed by atoms with E-state index in [1.54, 1.807) is 6.20 Å². The fourth-order valence-electron chi connectivity index (χ4n) is 2.24. The molecule has 0 unspecified atom stereocenters. The summed E-state index contributed by atoms with van der Waals surface area (Å²) >= 11 is 1.26. The second-order valence-corrected chi connectivity index (χ2v) is 6.11. The summed E-state index contributed by atoms with van der Waals surface area (Å²) in [5.41, 5.74) is 0.280. The number of benzene rings is 2. The predicted octanol–water partition coefficient (Wildman–Crippen LogP) is 4.01. The van der Waals surface area contributed by atoms with Crippen molar-refractivity contribution in [2.24, 2.45) is 0 Å². The largest absolute Gasteiger partial charge is 0.323 e. The number of aromatic nitrogens is 1. The first-order chi connectivity index (χ1) is 12.0. The lowest BCUT2D eigenvalue weighted by Crippen LogP contribution is -2.15. The molecule has 6 nitrogen and oxygen atoms in total. The lowest BCUT2D eigenvalue weighted by atomic mass is 10.2. The number of non-ortho nitro benzene ring substituents is 1. The number of nitrogens with zero attached hydrogens (tertiary/aromatic N) is 2. The monoisotopic (exact) mass is 357 g/mol. The van der Waals surface area contributed by atoms with Crippen LogP contribution in [0.1, 0.15) is 0 Å². The fourth-order valence-corrected chi connectivity index (χ4v) is 3.09. The van der Waals surface area contributed by atoms with Gasteiger partial charge >= 0.3 is 0 Å². The number of pyridine rings is 1. The number of hydrogen-bond donors (Lipinski definition) is 1. The second kappa shape index (κ2) is 7.27. The molecule has 1 N–H and O–H groups in total. The van der Waals surface area contributed by atoms with E-state index in [-0.39, 0.29) is 17.1 Å². The zero-order valence-corrected chi connectivity index (χ0v) is 13.6.